The van der Waals surface area contributed by atoms with Crippen molar-refractivity contribution in [1.29, 1.82) is 0 Å². The maximum Gasteiger partial charge on any atom is 0.234 e. The number of hydrogen-bond acceptors (Lipinski definition) is 2. The van der Waals surface area contributed by atoms with Crippen LogP contribution in [0.25, 0.3) is 0 Å². The molecule has 0 spiro atoms. The van der Waals surface area contributed by atoms with Crippen molar-refractivity contribution in [2.45, 2.75) is 50.6 Å². The standard InChI is InChI=1S/C16H22N2O/c1-11-3-2-4-12(7-11)13-8-15(9-13)17-10-16(19)18-14-5-6-14/h2-4,7,13-15,17H,5-6,8-10H2,1H3,(H,18,19). The molecule has 2 N–H and O–H groups in total. The van der Waals surface area contributed by atoms with Gasteiger partial charge in [-0.3, -0.25) is 4.79 Å². The Labute approximate surface area is 114 Å². The van der Waals surface area contributed by atoms with Gasteiger partial charge in [-0.2, -0.15) is 0 Å². The van der Waals surface area contributed by atoms with E-state index in [1.165, 1.54) is 11.1 Å². The minimum Gasteiger partial charge on any atom is -0.352 e. The smallest absolute Gasteiger partial charge is 0.234 e. The minimum absolute atomic E-state index is 0.154. The molecule has 3 nitrogen and oxygen atoms in total. The van der Waals surface area contributed by atoms with Gasteiger partial charge in [-0.05, 0) is 44.1 Å². The fourth-order valence-corrected chi connectivity index (χ4v) is 2.72. The largest absolute Gasteiger partial charge is 0.352 e. The van der Waals surface area contributed by atoms with E-state index in [2.05, 4.69) is 41.8 Å². The van der Waals surface area contributed by atoms with Crippen LogP contribution in [0.2, 0.25) is 0 Å². The van der Waals surface area contributed by atoms with E-state index in [1.54, 1.807) is 0 Å². The number of carbonyl (C=O) groups is 1. The van der Waals surface area contributed by atoms with Gasteiger partial charge in [-0.25, -0.2) is 0 Å². The van der Waals surface area contributed by atoms with Gasteiger partial charge in [0.05, 0.1) is 6.54 Å². The molecule has 1 amide bonds. The Bertz CT molecular complexity index is 462. The predicted molar refractivity (Wildman–Crippen MR) is 76.1 cm³/mol. The van der Waals surface area contributed by atoms with Gasteiger partial charge in [-0.15, -0.1) is 0 Å². The van der Waals surface area contributed by atoms with Crippen molar-refractivity contribution in [1.82, 2.24) is 10.6 Å². The Morgan fingerprint density at radius 3 is 2.74 bits per heavy atom. The molecule has 19 heavy (non-hydrogen) atoms. The molecule has 1 aromatic carbocycles. The summed E-state index contributed by atoms with van der Waals surface area (Å²) < 4.78 is 0. The fraction of sp³-hybridized carbons (Fsp3) is 0.562. The quantitative estimate of drug-likeness (QED) is 0.849. The van der Waals surface area contributed by atoms with E-state index in [0.717, 1.165) is 25.7 Å². The van der Waals surface area contributed by atoms with Crippen LogP contribution in [-0.4, -0.2) is 24.5 Å². The zero-order chi connectivity index (χ0) is 13.2. The highest BCUT2D eigenvalue weighted by Gasteiger charge is 2.30. The van der Waals surface area contributed by atoms with Gasteiger partial charge in [0.15, 0.2) is 0 Å². The van der Waals surface area contributed by atoms with Crippen LogP contribution in [0, 0.1) is 6.92 Å². The molecule has 0 bridgehead atoms. The summed E-state index contributed by atoms with van der Waals surface area (Å²) in [6.45, 7) is 2.61. The highest BCUT2D eigenvalue weighted by atomic mass is 16.2. The molecule has 0 aliphatic heterocycles. The second-order valence-electron chi connectivity index (χ2n) is 6.00. The Hall–Kier alpha value is -1.35. The number of hydrogen-bond donors (Lipinski definition) is 2. The maximum atomic E-state index is 11.6. The molecule has 2 fully saturated rings. The zero-order valence-corrected chi connectivity index (χ0v) is 11.5. The van der Waals surface area contributed by atoms with E-state index in [-0.39, 0.29) is 5.91 Å². The Morgan fingerprint density at radius 1 is 1.26 bits per heavy atom. The van der Waals surface area contributed by atoms with Gasteiger partial charge >= 0.3 is 0 Å². The van der Waals surface area contributed by atoms with Crippen molar-refractivity contribution >= 4 is 5.91 Å². The van der Waals surface area contributed by atoms with Crippen LogP contribution in [0.5, 0.6) is 0 Å². The summed E-state index contributed by atoms with van der Waals surface area (Å²) in [5.74, 6) is 0.824. The predicted octanol–water partition coefficient (Wildman–Crippen LogP) is 2.11. The van der Waals surface area contributed by atoms with E-state index in [4.69, 9.17) is 0 Å². The fourth-order valence-electron chi connectivity index (χ4n) is 2.72. The van der Waals surface area contributed by atoms with Gasteiger partial charge in [0.2, 0.25) is 5.91 Å². The van der Waals surface area contributed by atoms with Crippen molar-refractivity contribution in [3.63, 3.8) is 0 Å². The third-order valence-corrected chi connectivity index (χ3v) is 4.15. The number of rotatable bonds is 5. The number of benzene rings is 1. The highest BCUT2D eigenvalue weighted by molar-refractivity contribution is 5.78. The average Bonchev–Trinajstić information content (AvgIpc) is 3.11. The SMILES string of the molecule is Cc1cccc(C2CC(NCC(=O)NC3CC3)C2)c1. The molecule has 0 radical (unpaired) electrons. The summed E-state index contributed by atoms with van der Waals surface area (Å²) in [6.07, 6.45) is 4.62. The zero-order valence-electron chi connectivity index (χ0n) is 11.5. The van der Waals surface area contributed by atoms with Crippen LogP contribution in [0.1, 0.15) is 42.7 Å². The topological polar surface area (TPSA) is 41.1 Å². The van der Waals surface area contributed by atoms with Crippen molar-refractivity contribution in [3.8, 4) is 0 Å². The molecule has 0 atom stereocenters. The number of nitrogens with one attached hydrogen (secondary N) is 2. The molecule has 102 valence electrons. The Kier molecular flexibility index (Phi) is 3.56. The lowest BCUT2D eigenvalue weighted by molar-refractivity contribution is -0.120. The Balaban J connectivity index is 1.39. The molecule has 2 saturated carbocycles. The van der Waals surface area contributed by atoms with E-state index in [0.29, 0.717) is 24.5 Å². The van der Waals surface area contributed by atoms with Crippen LogP contribution < -0.4 is 10.6 Å². The van der Waals surface area contributed by atoms with Crippen LogP contribution in [0.4, 0.5) is 0 Å². The molecule has 0 aromatic heterocycles. The third kappa shape index (κ3) is 3.35. The van der Waals surface area contributed by atoms with Crippen LogP contribution in [0.15, 0.2) is 24.3 Å². The summed E-state index contributed by atoms with van der Waals surface area (Å²) in [7, 11) is 0. The summed E-state index contributed by atoms with van der Waals surface area (Å²) >= 11 is 0. The molecule has 3 rings (SSSR count). The van der Waals surface area contributed by atoms with E-state index >= 15 is 0 Å². The van der Waals surface area contributed by atoms with Crippen molar-refractivity contribution < 1.29 is 4.79 Å². The van der Waals surface area contributed by atoms with Crippen molar-refractivity contribution in [3.05, 3.63) is 35.4 Å². The first-order valence-corrected chi connectivity index (χ1v) is 7.30. The molecule has 0 saturated heterocycles. The van der Waals surface area contributed by atoms with Crippen LogP contribution in [-0.2, 0) is 4.79 Å². The number of carbonyl (C=O) groups excluding carboxylic acids is 1. The van der Waals surface area contributed by atoms with Crippen LogP contribution in [0.3, 0.4) is 0 Å². The third-order valence-electron chi connectivity index (χ3n) is 4.15. The lowest BCUT2D eigenvalue weighted by atomic mass is 9.75. The maximum absolute atomic E-state index is 11.6. The molecule has 0 heterocycles. The van der Waals surface area contributed by atoms with Gasteiger partial charge in [0.25, 0.3) is 0 Å². The molecule has 2 aliphatic rings. The summed E-state index contributed by atoms with van der Waals surface area (Å²) in [4.78, 5) is 11.6. The highest BCUT2D eigenvalue weighted by Crippen LogP contribution is 2.36. The molecular weight excluding hydrogens is 236 g/mol. The molecule has 0 unspecified atom stereocenters. The first kappa shape index (κ1) is 12.7. The first-order valence-electron chi connectivity index (χ1n) is 7.30. The van der Waals surface area contributed by atoms with Gasteiger partial charge in [0.1, 0.15) is 0 Å². The molecule has 2 aliphatic carbocycles. The van der Waals surface area contributed by atoms with Gasteiger partial charge in [-0.1, -0.05) is 29.8 Å². The monoisotopic (exact) mass is 258 g/mol. The minimum atomic E-state index is 0.154. The average molecular weight is 258 g/mol. The molecule has 1 aromatic rings. The summed E-state index contributed by atoms with van der Waals surface area (Å²) in [5, 5.41) is 6.36. The summed E-state index contributed by atoms with van der Waals surface area (Å²) in [6, 6.07) is 9.74. The summed E-state index contributed by atoms with van der Waals surface area (Å²) in [5.41, 5.74) is 2.78. The van der Waals surface area contributed by atoms with E-state index < -0.39 is 0 Å². The first-order chi connectivity index (χ1) is 9.20. The Morgan fingerprint density at radius 2 is 2.05 bits per heavy atom. The number of aryl methyl sites for hydroxylation is 1. The normalized spacial score (nSPS) is 25.7. The van der Waals surface area contributed by atoms with Crippen LogP contribution >= 0.6 is 0 Å². The lowest BCUT2D eigenvalue weighted by Gasteiger charge is -2.36. The van der Waals surface area contributed by atoms with Crippen molar-refractivity contribution in [2.75, 3.05) is 6.54 Å². The van der Waals surface area contributed by atoms with Gasteiger partial charge < -0.3 is 10.6 Å². The second-order valence-corrected chi connectivity index (χ2v) is 6.00. The second kappa shape index (κ2) is 5.33. The van der Waals surface area contributed by atoms with Gasteiger partial charge in [0, 0.05) is 12.1 Å². The van der Waals surface area contributed by atoms with E-state index in [1.807, 2.05) is 0 Å². The van der Waals surface area contributed by atoms with E-state index in [9.17, 15) is 4.79 Å². The van der Waals surface area contributed by atoms with Crippen molar-refractivity contribution in [2.24, 2.45) is 0 Å². The molecule has 3 heteroatoms. The lowest BCUT2D eigenvalue weighted by Crippen LogP contribution is -2.45. The number of amides is 1. The molecular formula is C16H22N2O.